The Morgan fingerprint density at radius 1 is 1.23 bits per heavy atom. The van der Waals surface area contributed by atoms with Gasteiger partial charge in [-0.1, -0.05) is 38.8 Å². The van der Waals surface area contributed by atoms with Crippen molar-refractivity contribution in [1.82, 2.24) is 14.9 Å². The molecule has 1 N–H and O–H groups in total. The molecule has 1 aliphatic heterocycles. The molecule has 2 aromatic heterocycles. The monoisotopic (exact) mass is 493 g/mol. The molecule has 0 saturated heterocycles. The van der Waals surface area contributed by atoms with Crippen LogP contribution in [0.4, 0.5) is 5.82 Å². The Balaban J connectivity index is 1.59. The molecule has 0 spiro atoms. The number of fused-ring (bicyclic) bond motifs is 2. The molecule has 1 amide bonds. The van der Waals surface area contributed by atoms with Gasteiger partial charge >= 0.3 is 7.12 Å². The molecule has 1 aliphatic rings. The molecular weight excluding hydrogens is 461 g/mol. The van der Waals surface area contributed by atoms with Crippen molar-refractivity contribution in [3.63, 3.8) is 0 Å². The minimum atomic E-state index is -0.854. The van der Waals surface area contributed by atoms with Crippen LogP contribution in [0.1, 0.15) is 67.9 Å². The fourth-order valence-electron chi connectivity index (χ4n) is 4.11. The molecule has 3 heterocycles. The number of hydrogen-bond acceptors (Lipinski definition) is 8. The van der Waals surface area contributed by atoms with Gasteiger partial charge in [0, 0.05) is 25.0 Å². The predicted molar refractivity (Wildman–Crippen MR) is 143 cm³/mol. The third-order valence-corrected chi connectivity index (χ3v) is 7.10. The van der Waals surface area contributed by atoms with E-state index >= 15 is 0 Å². The van der Waals surface area contributed by atoms with Crippen LogP contribution in [0.25, 0.3) is 10.2 Å². The summed E-state index contributed by atoms with van der Waals surface area (Å²) in [4.78, 5) is 24.4. The van der Waals surface area contributed by atoms with Crippen LogP contribution in [0.5, 0.6) is 0 Å². The van der Waals surface area contributed by atoms with Crippen LogP contribution < -0.4 is 10.5 Å². The quantitative estimate of drug-likeness (QED) is 0.248. The molecule has 184 valence electrons. The van der Waals surface area contributed by atoms with Crippen molar-refractivity contribution >= 4 is 52.1 Å². The van der Waals surface area contributed by atoms with Gasteiger partial charge < -0.3 is 14.6 Å². The molecule has 8 nitrogen and oxygen atoms in total. The van der Waals surface area contributed by atoms with Crippen molar-refractivity contribution in [2.75, 3.05) is 24.6 Å². The maximum absolute atomic E-state index is 13.4. The number of carbonyl (C=O) groups is 1. The second-order valence-corrected chi connectivity index (χ2v) is 9.49. The van der Waals surface area contributed by atoms with E-state index in [4.69, 9.17) is 4.65 Å². The Hall–Kier alpha value is -2.82. The number of benzene rings is 1. The lowest BCUT2D eigenvalue weighted by Crippen LogP contribution is -2.32. The van der Waals surface area contributed by atoms with Gasteiger partial charge in [0.15, 0.2) is 5.82 Å². The van der Waals surface area contributed by atoms with Gasteiger partial charge in [0.05, 0.1) is 28.6 Å². The summed E-state index contributed by atoms with van der Waals surface area (Å²) in [6.07, 6.45) is 7.37. The fraction of sp³-hybridized carbons (Fsp3) is 0.440. The normalized spacial score (nSPS) is 13.1. The number of amides is 1. The van der Waals surface area contributed by atoms with Crippen LogP contribution in [-0.2, 0) is 11.3 Å². The summed E-state index contributed by atoms with van der Waals surface area (Å²) in [7, 11) is -0.854. The number of hydrogen-bond donors (Lipinski definition) is 1. The van der Waals surface area contributed by atoms with E-state index in [0.717, 1.165) is 60.1 Å². The first-order valence-electron chi connectivity index (χ1n) is 12.3. The molecule has 0 radical (unpaired) electrons. The Morgan fingerprint density at radius 2 is 2.00 bits per heavy atom. The molecule has 3 aromatic rings. The van der Waals surface area contributed by atoms with Crippen molar-refractivity contribution in [3.8, 4) is 0 Å². The zero-order valence-electron chi connectivity index (χ0n) is 20.6. The number of rotatable bonds is 11. The molecule has 0 fully saturated rings. The van der Waals surface area contributed by atoms with Gasteiger partial charge in [0.2, 0.25) is 0 Å². The second kappa shape index (κ2) is 11.7. The molecule has 0 atom stereocenters. The summed E-state index contributed by atoms with van der Waals surface area (Å²) in [6, 6.07) is 5.75. The molecule has 10 heteroatoms. The molecule has 35 heavy (non-hydrogen) atoms. The number of unbranched alkanes of at least 4 members (excludes halogenated alkanes) is 2. The Morgan fingerprint density at radius 3 is 2.71 bits per heavy atom. The predicted octanol–water partition coefficient (Wildman–Crippen LogP) is 3.81. The van der Waals surface area contributed by atoms with E-state index in [2.05, 4.69) is 28.9 Å². The van der Waals surface area contributed by atoms with Crippen molar-refractivity contribution in [3.05, 3.63) is 46.6 Å². The number of hydrazone groups is 1. The van der Waals surface area contributed by atoms with E-state index in [9.17, 15) is 9.82 Å². The van der Waals surface area contributed by atoms with E-state index in [0.29, 0.717) is 30.0 Å². The lowest BCUT2D eigenvalue weighted by Gasteiger charge is -2.22. The van der Waals surface area contributed by atoms with E-state index in [1.807, 2.05) is 40.4 Å². The van der Waals surface area contributed by atoms with Gasteiger partial charge in [-0.25, -0.2) is 15.0 Å². The lowest BCUT2D eigenvalue weighted by molar-refractivity contribution is 0.0753. The maximum Gasteiger partial charge on any atom is 0.491 e. The van der Waals surface area contributed by atoms with Crippen LogP contribution in [0.15, 0.2) is 35.0 Å². The highest BCUT2D eigenvalue weighted by Gasteiger charge is 2.27. The van der Waals surface area contributed by atoms with Crippen LogP contribution in [0.2, 0.25) is 0 Å². The third kappa shape index (κ3) is 5.55. The van der Waals surface area contributed by atoms with Gasteiger partial charge in [0.25, 0.3) is 5.91 Å². The summed E-state index contributed by atoms with van der Waals surface area (Å²) >= 11 is 1.48. The molecule has 0 saturated carbocycles. The summed E-state index contributed by atoms with van der Waals surface area (Å²) in [5.74, 6) is 0.725. The van der Waals surface area contributed by atoms with Gasteiger partial charge in [-0.15, -0.1) is 11.3 Å². The average Bonchev–Trinajstić information content (AvgIpc) is 3.48. The first-order chi connectivity index (χ1) is 17.1. The summed E-state index contributed by atoms with van der Waals surface area (Å²) in [6.45, 7) is 8.81. The summed E-state index contributed by atoms with van der Waals surface area (Å²) in [5, 5.41) is 18.2. The molecule has 0 aliphatic carbocycles. The first-order valence-corrected chi connectivity index (χ1v) is 13.2. The largest absolute Gasteiger partial charge is 0.491 e. The van der Waals surface area contributed by atoms with Crippen molar-refractivity contribution < 1.29 is 14.5 Å². The van der Waals surface area contributed by atoms with Crippen molar-refractivity contribution in [2.24, 2.45) is 5.10 Å². The van der Waals surface area contributed by atoms with E-state index < -0.39 is 7.12 Å². The minimum absolute atomic E-state index is 0.0388. The first kappa shape index (κ1) is 25.3. The number of thiophene rings is 1. The fourth-order valence-corrected chi connectivity index (χ4v) is 5.10. The Bertz CT molecular complexity index is 1190. The number of carbonyl (C=O) groups excluding carboxylic acids is 1. The van der Waals surface area contributed by atoms with Crippen LogP contribution in [0.3, 0.4) is 0 Å². The van der Waals surface area contributed by atoms with Gasteiger partial charge in [-0.05, 0) is 42.4 Å². The molecule has 1 aromatic carbocycles. The number of nitrogens with zero attached hydrogens (tertiary/aromatic N) is 5. The van der Waals surface area contributed by atoms with Gasteiger partial charge in [0.1, 0.15) is 6.33 Å². The smallest absolute Gasteiger partial charge is 0.423 e. The second-order valence-electron chi connectivity index (χ2n) is 8.61. The third-order valence-electron chi connectivity index (χ3n) is 6.14. The topological polar surface area (TPSA) is 91.2 Å². The van der Waals surface area contributed by atoms with Crippen LogP contribution in [0, 0.1) is 0 Å². The molecule has 0 bridgehead atoms. The zero-order valence-corrected chi connectivity index (χ0v) is 21.4. The van der Waals surface area contributed by atoms with Gasteiger partial charge in [-0.2, -0.15) is 5.10 Å². The molecule has 4 rings (SSSR count). The zero-order chi connectivity index (χ0) is 24.8. The molecular formula is C25H32BN5O3S. The standard InChI is InChI=1S/C25H32BN5O3S/c1-4-7-11-30(12-8-5-2)25(32)20-16-35-23-22(20)27-17-28-24(23)31(6-3)29-14-18-9-10-21-19(13-18)15-34-26(21)33/h9-10,13-14,16-17,33H,4-8,11-12,15H2,1-3H3/b29-14+. The average molecular weight is 493 g/mol. The number of aromatic nitrogens is 2. The van der Waals surface area contributed by atoms with E-state index in [1.165, 1.54) is 17.7 Å². The van der Waals surface area contributed by atoms with Crippen LogP contribution in [-0.4, -0.2) is 58.8 Å². The Kier molecular flexibility index (Phi) is 8.48. The van der Waals surface area contributed by atoms with E-state index in [1.54, 1.807) is 6.21 Å². The van der Waals surface area contributed by atoms with E-state index in [-0.39, 0.29) is 5.91 Å². The van der Waals surface area contributed by atoms with Crippen molar-refractivity contribution in [2.45, 2.75) is 53.1 Å². The van der Waals surface area contributed by atoms with Gasteiger partial charge in [-0.3, -0.25) is 4.79 Å². The highest BCUT2D eigenvalue weighted by Crippen LogP contribution is 2.32. The Labute approximate surface area is 210 Å². The number of anilines is 1. The maximum atomic E-state index is 13.4. The highest BCUT2D eigenvalue weighted by atomic mass is 32.1. The summed E-state index contributed by atoms with van der Waals surface area (Å²) in [5.41, 5.74) is 3.99. The minimum Gasteiger partial charge on any atom is -0.423 e. The van der Waals surface area contributed by atoms with Crippen molar-refractivity contribution in [1.29, 1.82) is 0 Å². The highest BCUT2D eigenvalue weighted by molar-refractivity contribution is 7.18. The SMILES string of the molecule is CCCCN(CCCC)C(=O)c1csc2c(N(CC)/N=C/c3ccc4c(c3)COB4O)ncnc12. The molecule has 0 unspecified atom stereocenters. The lowest BCUT2D eigenvalue weighted by atomic mass is 9.79. The van der Waals surface area contributed by atoms with Crippen LogP contribution >= 0.6 is 11.3 Å². The summed E-state index contributed by atoms with van der Waals surface area (Å²) < 4.78 is 6.13.